The molecule has 0 atom stereocenters. The number of nitrogens with zero attached hydrogens (tertiary/aromatic N) is 5. The molecule has 3 aromatic heterocycles. The van der Waals surface area contributed by atoms with Gasteiger partial charge in [-0.25, -0.2) is 9.97 Å². The van der Waals surface area contributed by atoms with Crippen LogP contribution in [0.1, 0.15) is 31.1 Å². The van der Waals surface area contributed by atoms with Gasteiger partial charge >= 0.3 is 6.18 Å². The normalized spacial score (nSPS) is 12.1. The van der Waals surface area contributed by atoms with Gasteiger partial charge in [-0.05, 0) is 32.0 Å². The number of hydrogen-bond donors (Lipinski definition) is 1. The smallest absolute Gasteiger partial charge is 0.334 e. The molecular formula is C21H19F3N6O2. The third-order valence-corrected chi connectivity index (χ3v) is 5.00. The summed E-state index contributed by atoms with van der Waals surface area (Å²) in [6, 6.07) is 4.20. The molecule has 4 aromatic rings. The van der Waals surface area contributed by atoms with Crippen LogP contribution in [0.15, 0.2) is 41.6 Å². The topological polar surface area (TPSA) is 94.7 Å². The van der Waals surface area contributed by atoms with Crippen molar-refractivity contribution in [2.45, 2.75) is 32.5 Å². The molecule has 0 fully saturated rings. The van der Waals surface area contributed by atoms with E-state index in [0.717, 1.165) is 23.7 Å². The van der Waals surface area contributed by atoms with Crippen molar-refractivity contribution in [2.24, 2.45) is 7.05 Å². The van der Waals surface area contributed by atoms with Crippen molar-refractivity contribution in [3.63, 3.8) is 0 Å². The largest absolute Gasteiger partial charge is 0.416 e. The molecule has 0 aliphatic carbocycles. The van der Waals surface area contributed by atoms with Crippen molar-refractivity contribution < 1.29 is 18.0 Å². The van der Waals surface area contributed by atoms with E-state index in [0.29, 0.717) is 5.52 Å². The second-order valence-electron chi connectivity index (χ2n) is 7.68. The lowest BCUT2D eigenvalue weighted by Crippen LogP contribution is -2.25. The van der Waals surface area contributed by atoms with Gasteiger partial charge in [0.25, 0.3) is 0 Å². The SMILES string of the molecule is CC(C)n1nc(CC(=O)Nc2cc3c(cn2)ncn3C)c(=O)c2ccc(C(F)(F)F)cc21. The summed E-state index contributed by atoms with van der Waals surface area (Å²) in [7, 11) is 1.80. The third-order valence-electron chi connectivity index (χ3n) is 5.00. The van der Waals surface area contributed by atoms with Crippen LogP contribution >= 0.6 is 0 Å². The average Bonchev–Trinajstić information content (AvgIpc) is 3.09. The van der Waals surface area contributed by atoms with Crippen molar-refractivity contribution in [3.8, 4) is 0 Å². The number of pyridine rings is 1. The number of benzene rings is 1. The van der Waals surface area contributed by atoms with Crippen molar-refractivity contribution in [1.82, 2.24) is 24.3 Å². The van der Waals surface area contributed by atoms with Gasteiger partial charge in [0, 0.05) is 24.5 Å². The third kappa shape index (κ3) is 3.93. The first-order chi connectivity index (χ1) is 15.0. The molecule has 3 heterocycles. The van der Waals surface area contributed by atoms with Gasteiger partial charge in [-0.15, -0.1) is 0 Å². The second kappa shape index (κ2) is 7.74. The lowest BCUT2D eigenvalue weighted by molar-refractivity contribution is -0.137. The predicted octanol–water partition coefficient (Wildman–Crippen LogP) is 3.46. The lowest BCUT2D eigenvalue weighted by Gasteiger charge is -2.16. The number of halogens is 3. The van der Waals surface area contributed by atoms with Crippen molar-refractivity contribution >= 4 is 33.7 Å². The highest BCUT2D eigenvalue weighted by Gasteiger charge is 2.31. The van der Waals surface area contributed by atoms with E-state index in [1.54, 1.807) is 37.9 Å². The molecule has 11 heteroatoms. The predicted molar refractivity (Wildman–Crippen MR) is 112 cm³/mol. The van der Waals surface area contributed by atoms with Crippen molar-refractivity contribution in [1.29, 1.82) is 0 Å². The number of carbonyl (C=O) groups is 1. The van der Waals surface area contributed by atoms with Crippen LogP contribution in [0, 0.1) is 0 Å². The highest BCUT2D eigenvalue weighted by atomic mass is 19.4. The average molecular weight is 444 g/mol. The Bertz CT molecular complexity index is 1400. The maximum atomic E-state index is 13.1. The molecule has 4 rings (SSSR count). The summed E-state index contributed by atoms with van der Waals surface area (Å²) in [6.07, 6.45) is -1.76. The number of anilines is 1. The summed E-state index contributed by atoms with van der Waals surface area (Å²) < 4.78 is 42.5. The second-order valence-corrected chi connectivity index (χ2v) is 7.68. The molecule has 166 valence electrons. The summed E-state index contributed by atoms with van der Waals surface area (Å²) >= 11 is 0. The molecule has 0 saturated carbocycles. The Morgan fingerprint density at radius 3 is 2.59 bits per heavy atom. The highest BCUT2D eigenvalue weighted by molar-refractivity contribution is 5.93. The number of hydrogen-bond acceptors (Lipinski definition) is 5. The van der Waals surface area contributed by atoms with Crippen LogP contribution in [0.2, 0.25) is 0 Å². The van der Waals surface area contributed by atoms with Crippen LogP contribution in [-0.4, -0.2) is 30.2 Å². The Kier molecular flexibility index (Phi) is 5.19. The standard InChI is InChI=1S/C21H19F3N6O2/c1-11(2)30-16-6-12(21(22,23)24)4-5-13(16)20(32)14(28-30)7-19(31)27-18-8-17-15(9-25-18)26-10-29(17)3/h4-6,8-11H,7H2,1-3H3,(H,25,27,31). The molecular weight excluding hydrogens is 425 g/mol. The summed E-state index contributed by atoms with van der Waals surface area (Å²) in [5.74, 6) is -0.240. The first-order valence-corrected chi connectivity index (χ1v) is 9.74. The molecule has 32 heavy (non-hydrogen) atoms. The molecule has 0 spiro atoms. The van der Waals surface area contributed by atoms with E-state index < -0.39 is 23.1 Å². The fraction of sp³-hybridized carbons (Fsp3) is 0.286. The molecule has 0 aliphatic rings. The van der Waals surface area contributed by atoms with Crippen LogP contribution in [0.25, 0.3) is 21.9 Å². The number of nitrogens with one attached hydrogen (secondary N) is 1. The number of carbonyl (C=O) groups excluding carboxylic acids is 1. The maximum Gasteiger partial charge on any atom is 0.416 e. The maximum absolute atomic E-state index is 13.1. The molecule has 0 bridgehead atoms. The summed E-state index contributed by atoms with van der Waals surface area (Å²) in [6.45, 7) is 3.46. The van der Waals surface area contributed by atoms with E-state index in [1.807, 2.05) is 0 Å². The number of fused-ring (bicyclic) bond motifs is 2. The molecule has 0 radical (unpaired) electrons. The number of aryl methyl sites for hydroxylation is 1. The van der Waals surface area contributed by atoms with Crippen molar-refractivity contribution in [2.75, 3.05) is 5.32 Å². The summed E-state index contributed by atoms with van der Waals surface area (Å²) in [5.41, 5.74) is -0.0302. The van der Waals surface area contributed by atoms with Gasteiger partial charge < -0.3 is 9.88 Å². The van der Waals surface area contributed by atoms with Gasteiger partial charge in [0.15, 0.2) is 0 Å². The van der Waals surface area contributed by atoms with Gasteiger partial charge in [-0.2, -0.15) is 18.3 Å². The van der Waals surface area contributed by atoms with Crippen LogP contribution < -0.4 is 10.7 Å². The number of imidazole rings is 1. The molecule has 0 aliphatic heterocycles. The Balaban J connectivity index is 1.68. The van der Waals surface area contributed by atoms with Gasteiger partial charge in [0.2, 0.25) is 11.3 Å². The Hall–Kier alpha value is -3.76. The number of aromatic nitrogens is 5. The zero-order valence-electron chi connectivity index (χ0n) is 17.4. The monoisotopic (exact) mass is 444 g/mol. The zero-order valence-corrected chi connectivity index (χ0v) is 17.4. The minimum Gasteiger partial charge on any atom is -0.334 e. The quantitative estimate of drug-likeness (QED) is 0.520. The summed E-state index contributed by atoms with van der Waals surface area (Å²) in [5, 5.41) is 6.89. The fourth-order valence-electron chi connectivity index (χ4n) is 3.42. The fourth-order valence-corrected chi connectivity index (χ4v) is 3.42. The Morgan fingerprint density at radius 1 is 1.16 bits per heavy atom. The molecule has 0 saturated heterocycles. The minimum absolute atomic E-state index is 0.0623. The van der Waals surface area contributed by atoms with Gasteiger partial charge in [-0.1, -0.05) is 0 Å². The molecule has 8 nitrogen and oxygen atoms in total. The number of alkyl halides is 3. The Morgan fingerprint density at radius 2 is 1.91 bits per heavy atom. The molecule has 1 N–H and O–H groups in total. The van der Waals surface area contributed by atoms with Crippen LogP contribution in [0.5, 0.6) is 0 Å². The lowest BCUT2D eigenvalue weighted by atomic mass is 10.1. The zero-order chi connectivity index (χ0) is 23.2. The van der Waals surface area contributed by atoms with E-state index in [2.05, 4.69) is 20.4 Å². The first kappa shape index (κ1) is 21.5. The van der Waals surface area contributed by atoms with Crippen molar-refractivity contribution in [3.05, 3.63) is 58.3 Å². The van der Waals surface area contributed by atoms with Gasteiger partial charge in [0.1, 0.15) is 17.0 Å². The van der Waals surface area contributed by atoms with Gasteiger partial charge in [-0.3, -0.25) is 14.3 Å². The van der Waals surface area contributed by atoms with E-state index in [4.69, 9.17) is 0 Å². The van der Waals surface area contributed by atoms with Gasteiger partial charge in [0.05, 0.1) is 35.5 Å². The molecule has 0 unspecified atom stereocenters. The number of amides is 1. The first-order valence-electron chi connectivity index (χ1n) is 9.74. The van der Waals surface area contributed by atoms with Crippen LogP contribution in [0.4, 0.5) is 19.0 Å². The molecule has 1 amide bonds. The highest BCUT2D eigenvalue weighted by Crippen LogP contribution is 2.31. The van der Waals surface area contributed by atoms with E-state index in [-0.39, 0.29) is 34.9 Å². The Labute approximate surface area is 179 Å². The molecule has 1 aromatic carbocycles. The van der Waals surface area contributed by atoms with E-state index in [1.165, 1.54) is 10.9 Å². The van der Waals surface area contributed by atoms with Crippen LogP contribution in [0.3, 0.4) is 0 Å². The minimum atomic E-state index is -4.55. The van der Waals surface area contributed by atoms with Crippen LogP contribution in [-0.2, 0) is 24.4 Å². The van der Waals surface area contributed by atoms with E-state index >= 15 is 0 Å². The van der Waals surface area contributed by atoms with E-state index in [9.17, 15) is 22.8 Å². The number of rotatable bonds is 4. The summed E-state index contributed by atoms with van der Waals surface area (Å²) in [4.78, 5) is 33.8.